The first-order chi connectivity index (χ1) is 17.7. The minimum Gasteiger partial charge on any atom is -0.508 e. The first-order valence-electron chi connectivity index (χ1n) is 12.6. The van der Waals surface area contributed by atoms with Crippen molar-refractivity contribution in [2.75, 3.05) is 21.3 Å². The van der Waals surface area contributed by atoms with Crippen molar-refractivity contribution in [3.8, 4) is 23.0 Å². The van der Waals surface area contributed by atoms with Crippen molar-refractivity contribution in [2.45, 2.75) is 65.2 Å². The Hall–Kier alpha value is -3.55. The first-order valence-corrected chi connectivity index (χ1v) is 12.6. The molecule has 0 saturated carbocycles. The summed E-state index contributed by atoms with van der Waals surface area (Å²) in [6.07, 6.45) is 6.83. The van der Waals surface area contributed by atoms with Gasteiger partial charge in [-0.1, -0.05) is 45.2 Å². The van der Waals surface area contributed by atoms with E-state index in [4.69, 9.17) is 19.3 Å². The molecule has 0 radical (unpaired) electrons. The van der Waals surface area contributed by atoms with Crippen molar-refractivity contribution in [3.63, 3.8) is 0 Å². The van der Waals surface area contributed by atoms with Crippen molar-refractivity contribution >= 4 is 17.5 Å². The third kappa shape index (κ3) is 10.5. The maximum absolute atomic E-state index is 11.8. The van der Waals surface area contributed by atoms with E-state index >= 15 is 0 Å². The number of carbonyl (C=O) groups excluding carboxylic acids is 2. The third-order valence-electron chi connectivity index (χ3n) is 6.03. The molecule has 0 unspecified atom stereocenters. The Labute approximate surface area is 219 Å². The van der Waals surface area contributed by atoms with E-state index in [1.165, 1.54) is 39.0 Å². The minimum absolute atomic E-state index is 0.0875. The van der Waals surface area contributed by atoms with E-state index in [0.29, 0.717) is 42.3 Å². The van der Waals surface area contributed by atoms with Gasteiger partial charge in [0.1, 0.15) is 17.3 Å². The molecule has 0 aliphatic carbocycles. The van der Waals surface area contributed by atoms with Gasteiger partial charge in [-0.25, -0.2) is 4.79 Å². The summed E-state index contributed by atoms with van der Waals surface area (Å²) in [5, 5.41) is 18.1. The molecule has 0 atom stereocenters. The quantitative estimate of drug-likeness (QED) is 0.223. The molecule has 0 saturated heterocycles. The summed E-state index contributed by atoms with van der Waals surface area (Å²) in [5.74, 6) is 0.109. The summed E-state index contributed by atoms with van der Waals surface area (Å²) in [4.78, 5) is 34.4. The number of ether oxygens (including phenoxy) is 3. The van der Waals surface area contributed by atoms with Gasteiger partial charge in [0.2, 0.25) is 5.75 Å². The van der Waals surface area contributed by atoms with Gasteiger partial charge in [0.25, 0.3) is 0 Å². The number of carboxylic acids is 1. The summed E-state index contributed by atoms with van der Waals surface area (Å²) in [6.45, 7) is 3.66. The Balaban J connectivity index is 0.000000397. The van der Waals surface area contributed by atoms with Crippen LogP contribution in [0.5, 0.6) is 23.0 Å². The summed E-state index contributed by atoms with van der Waals surface area (Å²) in [6, 6.07) is 10.1. The van der Waals surface area contributed by atoms with Crippen molar-refractivity contribution < 1.29 is 38.8 Å². The lowest BCUT2D eigenvalue weighted by molar-refractivity contribution is -0.132. The third-order valence-corrected chi connectivity index (χ3v) is 6.03. The first kappa shape index (κ1) is 31.5. The predicted octanol–water partition coefficient (Wildman–Crippen LogP) is 5.87. The number of aromatic carboxylic acids is 1. The molecule has 204 valence electrons. The molecule has 2 N–H and O–H groups in total. The van der Waals surface area contributed by atoms with Gasteiger partial charge in [-0.3, -0.25) is 9.59 Å². The Bertz CT molecular complexity index is 956. The zero-order chi connectivity index (χ0) is 27.8. The van der Waals surface area contributed by atoms with Gasteiger partial charge in [-0.05, 0) is 49.1 Å². The van der Waals surface area contributed by atoms with Gasteiger partial charge in [-0.15, -0.1) is 0 Å². The number of aromatic hydroxyl groups is 1. The van der Waals surface area contributed by atoms with Gasteiger partial charge in [0, 0.05) is 12.8 Å². The van der Waals surface area contributed by atoms with Crippen LogP contribution in [0.25, 0.3) is 0 Å². The number of hydrogen-bond donors (Lipinski definition) is 2. The summed E-state index contributed by atoms with van der Waals surface area (Å²) < 4.78 is 15.1. The topological polar surface area (TPSA) is 119 Å². The lowest BCUT2D eigenvalue weighted by atomic mass is 9.90. The maximum Gasteiger partial charge on any atom is 0.335 e. The summed E-state index contributed by atoms with van der Waals surface area (Å²) >= 11 is 0. The van der Waals surface area contributed by atoms with Crippen LogP contribution in [0.4, 0.5) is 0 Å². The van der Waals surface area contributed by atoms with E-state index < -0.39 is 5.97 Å². The number of unbranched alkanes of at least 4 members (excludes halogenated alkanes) is 3. The Morgan fingerprint density at radius 1 is 0.784 bits per heavy atom. The second-order valence-electron chi connectivity index (χ2n) is 8.53. The lowest BCUT2D eigenvalue weighted by Crippen LogP contribution is -2.22. The molecule has 0 aliphatic heterocycles. The van der Waals surface area contributed by atoms with E-state index in [9.17, 15) is 19.5 Å². The van der Waals surface area contributed by atoms with Crippen molar-refractivity contribution in [3.05, 3.63) is 47.5 Å². The van der Waals surface area contributed by atoms with Crippen LogP contribution in [0, 0.1) is 5.92 Å². The predicted molar refractivity (Wildman–Crippen MR) is 142 cm³/mol. The van der Waals surface area contributed by atoms with Crippen LogP contribution in [0.3, 0.4) is 0 Å². The number of methoxy groups -OCH3 is 3. The zero-order valence-electron chi connectivity index (χ0n) is 22.5. The van der Waals surface area contributed by atoms with Crippen LogP contribution in [0.2, 0.25) is 0 Å². The second kappa shape index (κ2) is 17.0. The molecule has 0 fully saturated rings. The molecule has 0 aromatic heterocycles. The number of phenolic OH excluding ortho intramolecular Hbond substituents is 1. The van der Waals surface area contributed by atoms with Gasteiger partial charge >= 0.3 is 5.97 Å². The fourth-order valence-electron chi connectivity index (χ4n) is 3.89. The Morgan fingerprint density at radius 3 is 1.73 bits per heavy atom. The molecule has 2 aromatic rings. The molecule has 2 aromatic carbocycles. The zero-order valence-corrected chi connectivity index (χ0v) is 22.5. The van der Waals surface area contributed by atoms with Crippen LogP contribution in [0.1, 0.15) is 74.7 Å². The Morgan fingerprint density at radius 2 is 1.30 bits per heavy atom. The lowest BCUT2D eigenvalue weighted by Gasteiger charge is -2.12. The number of carbonyl (C=O) groups is 3. The highest BCUT2D eigenvalue weighted by molar-refractivity contribution is 6.02. The molecule has 8 heteroatoms. The van der Waals surface area contributed by atoms with Crippen LogP contribution in [0.15, 0.2) is 36.4 Å². The van der Waals surface area contributed by atoms with Crippen LogP contribution in [-0.4, -0.2) is 49.1 Å². The van der Waals surface area contributed by atoms with Gasteiger partial charge in [-0.2, -0.15) is 0 Å². The molecule has 8 nitrogen and oxygen atoms in total. The number of aryl methyl sites for hydroxylation is 1. The maximum atomic E-state index is 11.8. The molecular formula is C29H40O8. The average molecular weight is 517 g/mol. The molecule has 2 rings (SSSR count). The molecule has 37 heavy (non-hydrogen) atoms. The highest BCUT2D eigenvalue weighted by Crippen LogP contribution is 2.38. The van der Waals surface area contributed by atoms with E-state index in [1.807, 2.05) is 26.0 Å². The molecular weight excluding hydrogens is 476 g/mol. The number of rotatable bonds is 15. The monoisotopic (exact) mass is 516 g/mol. The standard InChI is InChI=1S/C19H28O3.C10H12O5/c1-3-18(21)17(19(22)4-2)10-8-6-5-7-9-15-11-13-16(20)14-12-15;1-13-7-4-6(10(11)12)5-8(14-2)9(7)15-3/h11-14,17,20H,3-10H2,1-2H3;4-5H,1-3H3,(H,11,12). The van der Waals surface area contributed by atoms with Crippen LogP contribution < -0.4 is 14.2 Å². The number of ketones is 2. The Kier molecular flexibility index (Phi) is 14.5. The highest BCUT2D eigenvalue weighted by Gasteiger charge is 2.22. The average Bonchev–Trinajstić information content (AvgIpc) is 2.92. The SMILES string of the molecule is CCC(=O)C(CCCCCCc1ccc(O)cc1)C(=O)CC.COc1cc(C(=O)O)cc(OC)c1OC. The van der Waals surface area contributed by atoms with Crippen molar-refractivity contribution in [1.82, 2.24) is 0 Å². The number of carboxylic acid groups (broad SMARTS) is 1. The molecule has 0 heterocycles. The van der Waals surface area contributed by atoms with Gasteiger partial charge < -0.3 is 24.4 Å². The molecule has 0 spiro atoms. The number of phenols is 1. The summed E-state index contributed by atoms with van der Waals surface area (Å²) in [5.41, 5.74) is 1.32. The number of Topliss-reactive ketones (excluding diaryl/α,β-unsaturated/α-hetero) is 2. The minimum atomic E-state index is -1.05. The summed E-state index contributed by atoms with van der Waals surface area (Å²) in [7, 11) is 4.33. The van der Waals surface area contributed by atoms with E-state index in [-0.39, 0.29) is 23.0 Å². The largest absolute Gasteiger partial charge is 0.508 e. The smallest absolute Gasteiger partial charge is 0.335 e. The number of hydrogen-bond acceptors (Lipinski definition) is 7. The molecule has 0 aliphatic rings. The van der Waals surface area contributed by atoms with Crippen molar-refractivity contribution in [2.24, 2.45) is 5.92 Å². The van der Waals surface area contributed by atoms with Gasteiger partial charge in [0.05, 0.1) is 32.8 Å². The van der Waals surface area contributed by atoms with Crippen molar-refractivity contribution in [1.29, 1.82) is 0 Å². The van der Waals surface area contributed by atoms with E-state index in [2.05, 4.69) is 0 Å². The van der Waals surface area contributed by atoms with E-state index in [0.717, 1.165) is 32.1 Å². The molecule has 0 bridgehead atoms. The fourth-order valence-corrected chi connectivity index (χ4v) is 3.89. The normalized spacial score (nSPS) is 10.3. The second-order valence-corrected chi connectivity index (χ2v) is 8.53. The number of benzene rings is 2. The van der Waals surface area contributed by atoms with E-state index in [1.54, 1.807) is 12.1 Å². The van der Waals surface area contributed by atoms with Crippen LogP contribution in [-0.2, 0) is 16.0 Å². The van der Waals surface area contributed by atoms with Crippen LogP contribution >= 0.6 is 0 Å². The highest BCUT2D eigenvalue weighted by atomic mass is 16.5. The fraction of sp³-hybridized carbons (Fsp3) is 0.483. The molecule has 0 amide bonds. The van der Waals surface area contributed by atoms with Gasteiger partial charge in [0.15, 0.2) is 11.5 Å².